The summed E-state index contributed by atoms with van der Waals surface area (Å²) < 4.78 is 45.2. The number of fused-ring (bicyclic) bond motifs is 1. The van der Waals surface area contributed by atoms with Crippen molar-refractivity contribution < 1.29 is 22.7 Å². The molecule has 0 fully saturated rings. The van der Waals surface area contributed by atoms with Crippen molar-refractivity contribution in [3.05, 3.63) is 66.4 Å². The Morgan fingerprint density at radius 1 is 1.16 bits per heavy atom. The number of halogens is 3. The Bertz CT molecular complexity index is 1270. The van der Waals surface area contributed by atoms with Crippen molar-refractivity contribution in [2.24, 2.45) is 0 Å². The summed E-state index contributed by atoms with van der Waals surface area (Å²) in [5.74, 6) is -0.0120. The second kappa shape index (κ2) is 8.71. The first-order valence-corrected chi connectivity index (χ1v) is 9.49. The number of carbonyl (C=O) groups excluding carboxylic acids is 1. The van der Waals surface area contributed by atoms with E-state index in [-0.39, 0.29) is 17.1 Å². The molecule has 4 rings (SSSR count). The van der Waals surface area contributed by atoms with E-state index in [0.29, 0.717) is 35.6 Å². The van der Waals surface area contributed by atoms with Gasteiger partial charge in [-0.05, 0) is 30.3 Å². The minimum atomic E-state index is -4.54. The Morgan fingerprint density at radius 2 is 2.00 bits per heavy atom. The lowest BCUT2D eigenvalue weighted by molar-refractivity contribution is -0.140. The molecule has 8 nitrogen and oxygen atoms in total. The molecule has 4 aromatic rings. The number of amides is 1. The molecule has 0 spiro atoms. The van der Waals surface area contributed by atoms with Gasteiger partial charge in [0, 0.05) is 37.0 Å². The number of pyridine rings is 3. The summed E-state index contributed by atoms with van der Waals surface area (Å²) in [5.41, 5.74) is 0.518. The Hall–Kier alpha value is -3.86. The van der Waals surface area contributed by atoms with Crippen molar-refractivity contribution >= 4 is 16.8 Å². The van der Waals surface area contributed by atoms with Crippen molar-refractivity contribution in [1.82, 2.24) is 30.0 Å². The fourth-order valence-corrected chi connectivity index (χ4v) is 3.03. The predicted octanol–water partition coefficient (Wildman–Crippen LogP) is 3.27. The van der Waals surface area contributed by atoms with Gasteiger partial charge in [0.05, 0.1) is 24.0 Å². The highest BCUT2D eigenvalue weighted by Gasteiger charge is 2.32. The van der Waals surface area contributed by atoms with Crippen LogP contribution in [0.2, 0.25) is 0 Å². The summed E-state index contributed by atoms with van der Waals surface area (Å²) in [6.45, 7) is 0.742. The number of rotatable bonds is 6. The van der Waals surface area contributed by atoms with Gasteiger partial charge in [0.15, 0.2) is 5.82 Å². The lowest BCUT2D eigenvalue weighted by atomic mass is 10.2. The molecular formula is C21H17F3N6O2. The van der Waals surface area contributed by atoms with Crippen LogP contribution in [0.15, 0.2) is 55.0 Å². The van der Waals surface area contributed by atoms with Gasteiger partial charge in [-0.3, -0.25) is 4.79 Å². The van der Waals surface area contributed by atoms with Gasteiger partial charge < -0.3 is 10.1 Å². The highest BCUT2D eigenvalue weighted by molar-refractivity contribution is 5.92. The number of nitrogens with zero attached hydrogens (tertiary/aromatic N) is 5. The second-order valence-electron chi connectivity index (χ2n) is 6.73. The number of hydrogen-bond acceptors (Lipinski definition) is 6. The van der Waals surface area contributed by atoms with Gasteiger partial charge >= 0.3 is 6.18 Å². The van der Waals surface area contributed by atoms with Crippen LogP contribution in [0.1, 0.15) is 16.2 Å². The van der Waals surface area contributed by atoms with E-state index in [0.717, 1.165) is 6.07 Å². The minimum absolute atomic E-state index is 0.148. The first-order chi connectivity index (χ1) is 15.4. The molecule has 1 N–H and O–H groups in total. The van der Waals surface area contributed by atoms with E-state index in [9.17, 15) is 18.0 Å². The van der Waals surface area contributed by atoms with Crippen LogP contribution in [0.25, 0.3) is 28.0 Å². The van der Waals surface area contributed by atoms with Gasteiger partial charge in [-0.2, -0.15) is 18.3 Å². The molecule has 0 aliphatic carbocycles. The monoisotopic (exact) mass is 442 g/mol. The highest BCUT2D eigenvalue weighted by Crippen LogP contribution is 2.30. The summed E-state index contributed by atoms with van der Waals surface area (Å²) in [4.78, 5) is 24.5. The molecular weight excluding hydrogens is 425 g/mol. The third-order valence-corrected chi connectivity index (χ3v) is 4.55. The number of methoxy groups -OCH3 is 1. The van der Waals surface area contributed by atoms with E-state index < -0.39 is 11.9 Å². The number of alkyl halides is 3. The van der Waals surface area contributed by atoms with Crippen LogP contribution < -0.4 is 5.32 Å². The maximum atomic E-state index is 13.0. The maximum absolute atomic E-state index is 13.0. The lowest BCUT2D eigenvalue weighted by Crippen LogP contribution is -2.27. The van der Waals surface area contributed by atoms with Crippen LogP contribution in [0, 0.1) is 0 Å². The van der Waals surface area contributed by atoms with E-state index in [1.54, 1.807) is 31.5 Å². The van der Waals surface area contributed by atoms with Crippen LogP contribution >= 0.6 is 0 Å². The molecule has 11 heteroatoms. The van der Waals surface area contributed by atoms with Crippen LogP contribution in [0.4, 0.5) is 13.2 Å². The number of nitrogens with one attached hydrogen (secondary N) is 1. The quantitative estimate of drug-likeness (QED) is 0.461. The van der Waals surface area contributed by atoms with Gasteiger partial charge in [0.25, 0.3) is 5.91 Å². The van der Waals surface area contributed by atoms with Gasteiger partial charge in [0.1, 0.15) is 11.4 Å². The molecule has 164 valence electrons. The van der Waals surface area contributed by atoms with E-state index in [4.69, 9.17) is 4.74 Å². The first kappa shape index (κ1) is 21.4. The van der Waals surface area contributed by atoms with Gasteiger partial charge in [-0.15, -0.1) is 0 Å². The van der Waals surface area contributed by atoms with Gasteiger partial charge in [-0.1, -0.05) is 6.07 Å². The Labute approximate surface area is 180 Å². The van der Waals surface area contributed by atoms with E-state index in [1.165, 1.54) is 29.2 Å². The smallest absolute Gasteiger partial charge is 0.383 e. The molecule has 0 aromatic carbocycles. The van der Waals surface area contributed by atoms with Crippen molar-refractivity contribution in [2.75, 3.05) is 20.3 Å². The van der Waals surface area contributed by atoms with E-state index in [2.05, 4.69) is 25.4 Å². The van der Waals surface area contributed by atoms with Crippen LogP contribution in [0.5, 0.6) is 0 Å². The Balaban J connectivity index is 1.64. The highest BCUT2D eigenvalue weighted by atomic mass is 19.4. The third-order valence-electron chi connectivity index (χ3n) is 4.55. The zero-order valence-corrected chi connectivity index (χ0v) is 16.8. The number of aromatic nitrogens is 5. The van der Waals surface area contributed by atoms with Crippen LogP contribution in [-0.2, 0) is 10.9 Å². The van der Waals surface area contributed by atoms with Gasteiger partial charge in [0.2, 0.25) is 0 Å². The minimum Gasteiger partial charge on any atom is -0.383 e. The van der Waals surface area contributed by atoms with Crippen molar-refractivity contribution in [2.45, 2.75) is 6.18 Å². The summed E-state index contributed by atoms with van der Waals surface area (Å²) in [7, 11) is 1.54. The Morgan fingerprint density at radius 3 is 2.78 bits per heavy atom. The third kappa shape index (κ3) is 4.42. The average molecular weight is 442 g/mol. The standard InChI is InChI=1S/C21H17F3N6O2/c1-32-10-9-26-20(31)17-4-2-3-15(28-17)13-11-27-30(12-13)19-14-5-6-18(21(22,23)24)29-16(14)7-8-25-19/h2-8,11-12H,9-10H2,1H3,(H,26,31). The topological polar surface area (TPSA) is 94.8 Å². The number of ether oxygens (including phenoxy) is 1. The molecule has 0 radical (unpaired) electrons. The predicted molar refractivity (Wildman–Crippen MR) is 109 cm³/mol. The fraction of sp³-hybridized carbons (Fsp3) is 0.190. The summed E-state index contributed by atoms with van der Waals surface area (Å²) in [5, 5.41) is 7.38. The van der Waals surface area contributed by atoms with Gasteiger partial charge in [-0.25, -0.2) is 19.6 Å². The summed E-state index contributed by atoms with van der Waals surface area (Å²) >= 11 is 0. The molecule has 32 heavy (non-hydrogen) atoms. The second-order valence-corrected chi connectivity index (χ2v) is 6.73. The molecule has 0 bridgehead atoms. The molecule has 0 saturated heterocycles. The van der Waals surface area contributed by atoms with Crippen molar-refractivity contribution in [3.63, 3.8) is 0 Å². The van der Waals surface area contributed by atoms with E-state index in [1.807, 2.05) is 0 Å². The van der Waals surface area contributed by atoms with E-state index >= 15 is 0 Å². The number of hydrogen-bond donors (Lipinski definition) is 1. The first-order valence-electron chi connectivity index (χ1n) is 9.49. The molecule has 0 unspecified atom stereocenters. The maximum Gasteiger partial charge on any atom is 0.433 e. The molecule has 0 aliphatic heterocycles. The summed E-state index contributed by atoms with van der Waals surface area (Å²) in [6, 6.07) is 8.64. The Kier molecular flexibility index (Phi) is 5.82. The zero-order chi connectivity index (χ0) is 22.7. The molecule has 0 saturated carbocycles. The number of carbonyl (C=O) groups is 1. The molecule has 4 heterocycles. The average Bonchev–Trinajstić information content (AvgIpc) is 3.28. The largest absolute Gasteiger partial charge is 0.433 e. The van der Waals surface area contributed by atoms with Crippen molar-refractivity contribution in [1.29, 1.82) is 0 Å². The van der Waals surface area contributed by atoms with Crippen LogP contribution in [-0.4, -0.2) is 50.9 Å². The zero-order valence-electron chi connectivity index (χ0n) is 16.8. The molecule has 1 amide bonds. The van der Waals surface area contributed by atoms with Crippen LogP contribution in [0.3, 0.4) is 0 Å². The van der Waals surface area contributed by atoms with Crippen molar-refractivity contribution in [3.8, 4) is 17.1 Å². The molecule has 4 aromatic heterocycles. The molecule has 0 atom stereocenters. The molecule has 0 aliphatic rings. The summed E-state index contributed by atoms with van der Waals surface area (Å²) in [6.07, 6.45) is -0.000215. The normalized spacial score (nSPS) is 11.6. The fourth-order valence-electron chi connectivity index (χ4n) is 3.03. The lowest BCUT2D eigenvalue weighted by Gasteiger charge is -2.09. The SMILES string of the molecule is COCCNC(=O)c1cccc(-c2cnn(-c3nccc4nc(C(F)(F)F)ccc34)c2)n1.